The summed E-state index contributed by atoms with van der Waals surface area (Å²) in [5.74, 6) is 0.963. The van der Waals surface area contributed by atoms with Crippen molar-refractivity contribution >= 4 is 0 Å². The quantitative estimate of drug-likeness (QED) is 0.881. The van der Waals surface area contributed by atoms with Crippen molar-refractivity contribution in [2.24, 2.45) is 0 Å². The summed E-state index contributed by atoms with van der Waals surface area (Å²) in [5, 5.41) is 3.14. The minimum atomic E-state index is 0.615. The molecule has 1 N–H and O–H groups in total. The van der Waals surface area contributed by atoms with Crippen molar-refractivity contribution in [1.82, 2.24) is 5.32 Å². The van der Waals surface area contributed by atoms with Crippen LogP contribution in [0.5, 0.6) is 5.75 Å². The monoisotopic (exact) mass is 255 g/mol. The maximum atomic E-state index is 5.86. The van der Waals surface area contributed by atoms with E-state index in [1.165, 1.54) is 22.3 Å². The molecule has 0 spiro atoms. The van der Waals surface area contributed by atoms with E-state index in [0.717, 1.165) is 12.3 Å². The number of nitrogens with one attached hydrogen (secondary N) is 1. The Balaban J connectivity index is 1.98. The van der Waals surface area contributed by atoms with Crippen LogP contribution in [0.15, 0.2) is 42.5 Å². The van der Waals surface area contributed by atoms with E-state index in [1.54, 1.807) is 0 Å². The molecule has 0 saturated carbocycles. The summed E-state index contributed by atoms with van der Waals surface area (Å²) in [7, 11) is 1.96. The first-order valence-corrected chi connectivity index (χ1v) is 6.61. The van der Waals surface area contributed by atoms with E-state index in [2.05, 4.69) is 55.6 Å². The maximum Gasteiger partial charge on any atom is 0.122 e. The standard InChI is InChI=1S/C17H21NO/c1-13-4-9-17(14(2)10-13)19-12-16-7-5-15(6-8-16)11-18-3/h4-10,18H,11-12H2,1-3H3. The summed E-state index contributed by atoms with van der Waals surface area (Å²) in [6, 6.07) is 14.8. The topological polar surface area (TPSA) is 21.3 Å². The Bertz CT molecular complexity index is 531. The van der Waals surface area contributed by atoms with Gasteiger partial charge in [-0.25, -0.2) is 0 Å². The first-order chi connectivity index (χ1) is 9.19. The van der Waals surface area contributed by atoms with Crippen LogP contribution in [0, 0.1) is 13.8 Å². The Morgan fingerprint density at radius 1 is 0.947 bits per heavy atom. The molecule has 0 heterocycles. The highest BCUT2D eigenvalue weighted by atomic mass is 16.5. The van der Waals surface area contributed by atoms with Gasteiger partial charge in [-0.2, -0.15) is 0 Å². The second kappa shape index (κ2) is 6.39. The third-order valence-electron chi connectivity index (χ3n) is 3.13. The van der Waals surface area contributed by atoms with Crippen molar-refractivity contribution in [2.45, 2.75) is 27.0 Å². The van der Waals surface area contributed by atoms with E-state index in [-0.39, 0.29) is 0 Å². The van der Waals surface area contributed by atoms with Gasteiger partial charge in [0.1, 0.15) is 12.4 Å². The third-order valence-corrected chi connectivity index (χ3v) is 3.13. The molecule has 0 aliphatic heterocycles. The number of hydrogen-bond donors (Lipinski definition) is 1. The number of ether oxygens (including phenoxy) is 1. The molecule has 0 aliphatic rings. The predicted octanol–water partition coefficient (Wildman–Crippen LogP) is 3.60. The highest BCUT2D eigenvalue weighted by Gasteiger charge is 2.00. The van der Waals surface area contributed by atoms with Gasteiger partial charge in [0.25, 0.3) is 0 Å². The molecule has 100 valence electrons. The van der Waals surface area contributed by atoms with Gasteiger partial charge in [-0.3, -0.25) is 0 Å². The minimum Gasteiger partial charge on any atom is -0.489 e. The van der Waals surface area contributed by atoms with Crippen molar-refractivity contribution in [2.75, 3.05) is 7.05 Å². The summed E-state index contributed by atoms with van der Waals surface area (Å²) in [6.45, 7) is 5.69. The molecule has 0 aliphatic carbocycles. The van der Waals surface area contributed by atoms with E-state index < -0.39 is 0 Å². The highest BCUT2D eigenvalue weighted by Crippen LogP contribution is 2.20. The predicted molar refractivity (Wildman–Crippen MR) is 79.5 cm³/mol. The third kappa shape index (κ3) is 3.83. The van der Waals surface area contributed by atoms with Crippen LogP contribution >= 0.6 is 0 Å². The molecule has 0 radical (unpaired) electrons. The fourth-order valence-corrected chi connectivity index (χ4v) is 2.08. The average molecular weight is 255 g/mol. The lowest BCUT2D eigenvalue weighted by atomic mass is 10.1. The van der Waals surface area contributed by atoms with Gasteiger partial charge in [0, 0.05) is 6.54 Å². The first kappa shape index (κ1) is 13.6. The average Bonchev–Trinajstić information content (AvgIpc) is 2.40. The largest absolute Gasteiger partial charge is 0.489 e. The summed E-state index contributed by atoms with van der Waals surface area (Å²) in [4.78, 5) is 0. The van der Waals surface area contributed by atoms with Crippen molar-refractivity contribution in [3.63, 3.8) is 0 Å². The Labute approximate surface area is 115 Å². The molecule has 19 heavy (non-hydrogen) atoms. The van der Waals surface area contributed by atoms with E-state index in [1.807, 2.05) is 13.1 Å². The van der Waals surface area contributed by atoms with Crippen LogP contribution in [0.1, 0.15) is 22.3 Å². The van der Waals surface area contributed by atoms with E-state index in [9.17, 15) is 0 Å². The molecule has 0 atom stereocenters. The zero-order chi connectivity index (χ0) is 13.7. The van der Waals surface area contributed by atoms with Gasteiger partial charge < -0.3 is 10.1 Å². The van der Waals surface area contributed by atoms with Gasteiger partial charge in [0.15, 0.2) is 0 Å². The number of rotatable bonds is 5. The molecule has 2 aromatic rings. The van der Waals surface area contributed by atoms with Crippen LogP contribution in [0.2, 0.25) is 0 Å². The molecule has 0 bridgehead atoms. The van der Waals surface area contributed by atoms with Crippen molar-refractivity contribution in [3.05, 3.63) is 64.7 Å². The van der Waals surface area contributed by atoms with Gasteiger partial charge in [-0.1, -0.05) is 42.0 Å². The molecule has 2 rings (SSSR count). The molecule has 0 fully saturated rings. The number of aryl methyl sites for hydroxylation is 2. The Morgan fingerprint density at radius 3 is 2.26 bits per heavy atom. The fraction of sp³-hybridized carbons (Fsp3) is 0.294. The molecule has 0 unspecified atom stereocenters. The lowest BCUT2D eigenvalue weighted by molar-refractivity contribution is 0.304. The van der Waals surface area contributed by atoms with Gasteiger partial charge in [0.05, 0.1) is 0 Å². The maximum absolute atomic E-state index is 5.86. The lowest BCUT2D eigenvalue weighted by Crippen LogP contribution is -2.05. The second-order valence-electron chi connectivity index (χ2n) is 4.90. The SMILES string of the molecule is CNCc1ccc(COc2ccc(C)cc2C)cc1. The van der Waals surface area contributed by atoms with Crippen LogP contribution in [0.25, 0.3) is 0 Å². The Hall–Kier alpha value is -1.80. The zero-order valence-corrected chi connectivity index (χ0v) is 11.9. The summed E-state index contributed by atoms with van der Waals surface area (Å²) >= 11 is 0. The normalized spacial score (nSPS) is 10.5. The molecule has 0 amide bonds. The lowest BCUT2D eigenvalue weighted by Gasteiger charge is -2.10. The van der Waals surface area contributed by atoms with Crippen molar-refractivity contribution in [3.8, 4) is 5.75 Å². The van der Waals surface area contributed by atoms with Crippen LogP contribution in [-0.4, -0.2) is 7.05 Å². The molecule has 2 nitrogen and oxygen atoms in total. The molecule has 0 saturated heterocycles. The summed E-state index contributed by atoms with van der Waals surface area (Å²) in [5.41, 5.74) is 4.94. The van der Waals surface area contributed by atoms with Gasteiger partial charge in [-0.15, -0.1) is 0 Å². The van der Waals surface area contributed by atoms with Gasteiger partial charge in [-0.05, 0) is 43.7 Å². The van der Waals surface area contributed by atoms with Gasteiger partial charge >= 0.3 is 0 Å². The minimum absolute atomic E-state index is 0.615. The van der Waals surface area contributed by atoms with Crippen LogP contribution in [0.3, 0.4) is 0 Å². The van der Waals surface area contributed by atoms with E-state index >= 15 is 0 Å². The first-order valence-electron chi connectivity index (χ1n) is 6.61. The van der Waals surface area contributed by atoms with E-state index in [0.29, 0.717) is 6.61 Å². The number of hydrogen-bond acceptors (Lipinski definition) is 2. The zero-order valence-electron chi connectivity index (χ0n) is 11.9. The van der Waals surface area contributed by atoms with Crippen LogP contribution < -0.4 is 10.1 Å². The van der Waals surface area contributed by atoms with Crippen molar-refractivity contribution < 1.29 is 4.74 Å². The van der Waals surface area contributed by atoms with Gasteiger partial charge in [0.2, 0.25) is 0 Å². The molecular weight excluding hydrogens is 234 g/mol. The summed E-state index contributed by atoms with van der Waals surface area (Å²) < 4.78 is 5.86. The molecule has 2 heteroatoms. The number of benzene rings is 2. The molecule has 2 aromatic carbocycles. The molecule has 0 aromatic heterocycles. The van der Waals surface area contributed by atoms with Crippen molar-refractivity contribution in [1.29, 1.82) is 0 Å². The summed E-state index contributed by atoms with van der Waals surface area (Å²) in [6.07, 6.45) is 0. The molecular formula is C17H21NO. The van der Waals surface area contributed by atoms with E-state index in [4.69, 9.17) is 4.74 Å². The van der Waals surface area contributed by atoms with Crippen LogP contribution in [-0.2, 0) is 13.2 Å². The highest BCUT2D eigenvalue weighted by molar-refractivity contribution is 5.36. The Morgan fingerprint density at radius 2 is 1.63 bits per heavy atom. The second-order valence-corrected chi connectivity index (χ2v) is 4.90. The Kier molecular flexibility index (Phi) is 4.58. The fourth-order valence-electron chi connectivity index (χ4n) is 2.08. The smallest absolute Gasteiger partial charge is 0.122 e. The van der Waals surface area contributed by atoms with Crippen LogP contribution in [0.4, 0.5) is 0 Å².